The highest BCUT2D eigenvalue weighted by Crippen LogP contribution is 2.29. The van der Waals surface area contributed by atoms with E-state index in [0.717, 1.165) is 26.7 Å². The lowest BCUT2D eigenvalue weighted by atomic mass is 10.0. The van der Waals surface area contributed by atoms with Gasteiger partial charge in [0.05, 0.1) is 23.7 Å². The van der Waals surface area contributed by atoms with Crippen molar-refractivity contribution in [2.75, 3.05) is 18.0 Å². The summed E-state index contributed by atoms with van der Waals surface area (Å²) in [5, 5.41) is 3.49. The van der Waals surface area contributed by atoms with Crippen molar-refractivity contribution in [1.29, 1.82) is 0 Å². The maximum absolute atomic E-state index is 13.7. The van der Waals surface area contributed by atoms with Gasteiger partial charge >= 0.3 is 0 Å². The largest absolute Gasteiger partial charge is 0.496 e. The molecule has 3 aromatic carbocycles. The van der Waals surface area contributed by atoms with Gasteiger partial charge in [0.1, 0.15) is 12.3 Å². The van der Waals surface area contributed by atoms with Crippen molar-refractivity contribution < 1.29 is 17.9 Å². The van der Waals surface area contributed by atoms with E-state index in [0.29, 0.717) is 22.7 Å². The molecule has 0 bridgehead atoms. The number of anilines is 1. The number of nitrogens with one attached hydrogen (secondary N) is 1. The number of halogens is 1. The van der Waals surface area contributed by atoms with E-state index < -0.39 is 15.9 Å². The number of benzene rings is 3. The van der Waals surface area contributed by atoms with Gasteiger partial charge in [-0.1, -0.05) is 48.4 Å². The Balaban J connectivity index is 1.94. The molecule has 0 heterocycles. The molecule has 6 nitrogen and oxygen atoms in total. The molecule has 1 atom stereocenters. The van der Waals surface area contributed by atoms with Crippen LogP contribution >= 0.6 is 11.6 Å². The molecule has 0 saturated heterocycles. The minimum Gasteiger partial charge on any atom is -0.496 e. The zero-order valence-corrected chi connectivity index (χ0v) is 22.2. The van der Waals surface area contributed by atoms with E-state index in [1.807, 2.05) is 39.0 Å². The fraction of sp³-hybridized carbons (Fsp3) is 0.296. The zero-order chi connectivity index (χ0) is 25.8. The Hall–Kier alpha value is -3.03. The first-order valence-corrected chi connectivity index (χ1v) is 13.2. The molecule has 0 aliphatic rings. The second kappa shape index (κ2) is 11.1. The predicted octanol–water partition coefficient (Wildman–Crippen LogP) is 5.74. The number of carbonyl (C=O) groups is 1. The van der Waals surface area contributed by atoms with Crippen LogP contribution in [0.5, 0.6) is 5.75 Å². The fourth-order valence-electron chi connectivity index (χ4n) is 3.95. The number of methoxy groups -OCH3 is 1. The van der Waals surface area contributed by atoms with Crippen LogP contribution in [0.2, 0.25) is 5.02 Å². The summed E-state index contributed by atoms with van der Waals surface area (Å²) in [4.78, 5) is 13.3. The second-order valence-electron chi connectivity index (χ2n) is 8.51. The van der Waals surface area contributed by atoms with Crippen molar-refractivity contribution in [3.05, 3.63) is 87.9 Å². The average molecular weight is 515 g/mol. The summed E-state index contributed by atoms with van der Waals surface area (Å²) >= 11 is 6.11. The Bertz CT molecular complexity index is 1310. The third kappa shape index (κ3) is 6.16. The molecule has 8 heteroatoms. The summed E-state index contributed by atoms with van der Waals surface area (Å²) in [7, 11) is -2.40. The molecular formula is C27H31ClN2O4S. The standard InChI is InChI=1S/C27H31ClN2O4S/c1-6-24(21-9-14-26(34-5)20(4)15-21)29-27(31)17-30(25-13-10-22(28)16-19(25)3)35(32,33)23-11-7-18(2)8-12-23/h7-16,24H,6,17H2,1-5H3,(H,29,31)/t24-/m0/s1. The van der Waals surface area contributed by atoms with Gasteiger partial charge in [-0.05, 0) is 80.3 Å². The quantitative estimate of drug-likeness (QED) is 0.395. The minimum atomic E-state index is -4.01. The minimum absolute atomic E-state index is 0.114. The topological polar surface area (TPSA) is 75.7 Å². The average Bonchev–Trinajstić information content (AvgIpc) is 2.81. The molecule has 0 spiro atoms. The zero-order valence-electron chi connectivity index (χ0n) is 20.6. The Morgan fingerprint density at radius 3 is 2.26 bits per heavy atom. The number of hydrogen-bond donors (Lipinski definition) is 1. The maximum Gasteiger partial charge on any atom is 0.264 e. The van der Waals surface area contributed by atoms with E-state index in [9.17, 15) is 13.2 Å². The van der Waals surface area contributed by atoms with Gasteiger partial charge in [-0.25, -0.2) is 8.42 Å². The van der Waals surface area contributed by atoms with Gasteiger partial charge in [0.2, 0.25) is 5.91 Å². The molecule has 35 heavy (non-hydrogen) atoms. The highest BCUT2D eigenvalue weighted by molar-refractivity contribution is 7.92. The lowest BCUT2D eigenvalue weighted by molar-refractivity contribution is -0.120. The maximum atomic E-state index is 13.7. The monoisotopic (exact) mass is 514 g/mol. The van der Waals surface area contributed by atoms with Gasteiger partial charge in [0.15, 0.2) is 0 Å². The van der Waals surface area contributed by atoms with Crippen LogP contribution in [-0.4, -0.2) is 28.0 Å². The third-order valence-electron chi connectivity index (χ3n) is 5.89. The number of nitrogens with zero attached hydrogens (tertiary/aromatic N) is 1. The van der Waals surface area contributed by atoms with E-state index in [1.54, 1.807) is 56.5 Å². The van der Waals surface area contributed by atoms with Gasteiger partial charge in [-0.3, -0.25) is 9.10 Å². The Kier molecular flexibility index (Phi) is 8.46. The van der Waals surface area contributed by atoms with E-state index in [-0.39, 0.29) is 17.5 Å². The van der Waals surface area contributed by atoms with Gasteiger partial charge in [-0.2, -0.15) is 0 Å². The number of rotatable bonds is 9. The summed E-state index contributed by atoms with van der Waals surface area (Å²) in [5.74, 6) is 0.360. The highest BCUT2D eigenvalue weighted by Gasteiger charge is 2.29. The van der Waals surface area contributed by atoms with Gasteiger partial charge in [0.25, 0.3) is 10.0 Å². The molecule has 186 valence electrons. The highest BCUT2D eigenvalue weighted by atomic mass is 35.5. The van der Waals surface area contributed by atoms with Crippen molar-refractivity contribution in [1.82, 2.24) is 5.32 Å². The number of carbonyl (C=O) groups excluding carboxylic acids is 1. The number of sulfonamides is 1. The second-order valence-corrected chi connectivity index (χ2v) is 10.8. The lowest BCUT2D eigenvalue weighted by Crippen LogP contribution is -2.42. The molecule has 0 unspecified atom stereocenters. The SMILES string of the molecule is CC[C@H](NC(=O)CN(c1ccc(Cl)cc1C)S(=O)(=O)c1ccc(C)cc1)c1ccc(OC)c(C)c1. The molecule has 0 radical (unpaired) electrons. The van der Waals surface area contributed by atoms with Crippen LogP contribution in [0.1, 0.15) is 41.6 Å². The molecule has 0 saturated carbocycles. The number of aryl methyl sites for hydroxylation is 3. The molecule has 0 fully saturated rings. The smallest absolute Gasteiger partial charge is 0.264 e. The Morgan fingerprint density at radius 2 is 1.69 bits per heavy atom. The van der Waals surface area contributed by atoms with Crippen LogP contribution < -0.4 is 14.4 Å². The van der Waals surface area contributed by atoms with Crippen molar-refractivity contribution in [2.45, 2.75) is 45.1 Å². The molecule has 0 aliphatic carbocycles. The summed E-state index contributed by atoms with van der Waals surface area (Å²) in [6.07, 6.45) is 0.641. The van der Waals surface area contributed by atoms with Crippen LogP contribution in [0.15, 0.2) is 65.6 Å². The summed E-state index contributed by atoms with van der Waals surface area (Å²) in [6, 6.07) is 17.0. The predicted molar refractivity (Wildman–Crippen MR) is 141 cm³/mol. The molecule has 0 aliphatic heterocycles. The van der Waals surface area contributed by atoms with Crippen molar-refractivity contribution in [3.8, 4) is 5.75 Å². The van der Waals surface area contributed by atoms with Crippen LogP contribution in [-0.2, 0) is 14.8 Å². The molecule has 1 amide bonds. The summed E-state index contributed by atoms with van der Waals surface area (Å²) in [5.41, 5.74) is 3.88. The van der Waals surface area contributed by atoms with Crippen LogP contribution in [0.4, 0.5) is 5.69 Å². The Morgan fingerprint density at radius 1 is 1.00 bits per heavy atom. The molecule has 1 N–H and O–H groups in total. The lowest BCUT2D eigenvalue weighted by Gasteiger charge is -2.27. The van der Waals surface area contributed by atoms with Crippen LogP contribution in [0.3, 0.4) is 0 Å². The van der Waals surface area contributed by atoms with Crippen molar-refractivity contribution in [2.24, 2.45) is 0 Å². The third-order valence-corrected chi connectivity index (χ3v) is 7.90. The number of hydrogen-bond acceptors (Lipinski definition) is 4. The van der Waals surface area contributed by atoms with Crippen molar-refractivity contribution >= 4 is 33.2 Å². The van der Waals surface area contributed by atoms with Crippen LogP contribution in [0, 0.1) is 20.8 Å². The first-order valence-electron chi connectivity index (χ1n) is 11.4. The summed E-state index contributed by atoms with van der Waals surface area (Å²) in [6.45, 7) is 7.19. The van der Waals surface area contributed by atoms with E-state index >= 15 is 0 Å². The van der Waals surface area contributed by atoms with E-state index in [1.165, 1.54) is 0 Å². The first kappa shape index (κ1) is 26.6. The van der Waals surface area contributed by atoms with E-state index in [2.05, 4.69) is 5.32 Å². The molecule has 3 aromatic rings. The van der Waals surface area contributed by atoms with Gasteiger partial charge < -0.3 is 10.1 Å². The van der Waals surface area contributed by atoms with Crippen molar-refractivity contribution in [3.63, 3.8) is 0 Å². The first-order chi connectivity index (χ1) is 16.6. The molecule has 0 aromatic heterocycles. The van der Waals surface area contributed by atoms with Gasteiger partial charge in [0, 0.05) is 5.02 Å². The van der Waals surface area contributed by atoms with Crippen LogP contribution in [0.25, 0.3) is 0 Å². The van der Waals surface area contributed by atoms with E-state index in [4.69, 9.17) is 16.3 Å². The fourth-order valence-corrected chi connectivity index (χ4v) is 5.66. The molecule has 3 rings (SSSR count). The Labute approximate surface area is 212 Å². The number of ether oxygens (including phenoxy) is 1. The number of amides is 1. The summed E-state index contributed by atoms with van der Waals surface area (Å²) < 4.78 is 33.8. The normalized spacial score (nSPS) is 12.2. The van der Waals surface area contributed by atoms with Gasteiger partial charge in [-0.15, -0.1) is 0 Å². The molecular weight excluding hydrogens is 484 g/mol.